The summed E-state index contributed by atoms with van der Waals surface area (Å²) in [6.45, 7) is 19.1. The number of aryl methyl sites for hydroxylation is 1. The minimum atomic E-state index is -1.27. The van der Waals surface area contributed by atoms with E-state index in [-0.39, 0.29) is 56.0 Å². The maximum Gasteiger partial charge on any atom is 0.326 e. The lowest BCUT2D eigenvalue weighted by molar-refractivity contribution is -0.148. The average Bonchev–Trinajstić information content (AvgIpc) is 4.10. The van der Waals surface area contributed by atoms with Crippen molar-refractivity contribution in [3.8, 4) is 0 Å². The molecule has 2 aliphatic rings. The summed E-state index contributed by atoms with van der Waals surface area (Å²) in [5.41, 5.74) is 7.79. The lowest BCUT2D eigenvalue weighted by atomic mass is 9.93. The van der Waals surface area contributed by atoms with Gasteiger partial charge in [-0.3, -0.25) is 38.4 Å². The van der Waals surface area contributed by atoms with Gasteiger partial charge in [-0.2, -0.15) is 0 Å². The van der Waals surface area contributed by atoms with Gasteiger partial charge in [-0.1, -0.05) is 143 Å². The van der Waals surface area contributed by atoms with Crippen LogP contribution in [0.25, 0.3) is 0 Å². The van der Waals surface area contributed by atoms with E-state index in [9.17, 15) is 48.3 Å². The van der Waals surface area contributed by atoms with Crippen LogP contribution < -0.4 is 37.6 Å². The van der Waals surface area contributed by atoms with E-state index < -0.39 is 114 Å². The smallest absolute Gasteiger partial charge is 0.326 e. The van der Waals surface area contributed by atoms with Gasteiger partial charge in [0.1, 0.15) is 48.3 Å². The predicted molar refractivity (Wildman–Crippen MR) is 294 cm³/mol. The molecule has 2 fully saturated rings. The number of aliphatic carboxylic acids is 1. The van der Waals surface area contributed by atoms with Crippen molar-refractivity contribution in [1.29, 1.82) is 0 Å². The number of likely N-dealkylation sites (tertiary alicyclic amines) is 2. The second kappa shape index (κ2) is 30.5. The Hall–Kier alpha value is -6.37. The Morgan fingerprint density at radius 3 is 1.57 bits per heavy atom. The number of nitrogens with one attached hydrogen (secondary N) is 6. The van der Waals surface area contributed by atoms with Gasteiger partial charge in [0.25, 0.3) is 0 Å². The number of hydrogen-bond donors (Lipinski definition) is 8. The molecule has 2 aromatic rings. The van der Waals surface area contributed by atoms with Crippen molar-refractivity contribution in [3.63, 3.8) is 0 Å². The monoisotopic (exact) mass is 1070 g/mol. The third-order valence-corrected chi connectivity index (χ3v) is 15.0. The van der Waals surface area contributed by atoms with E-state index in [2.05, 4.69) is 31.9 Å². The minimum absolute atomic E-state index is 0.0254. The zero-order chi connectivity index (χ0) is 57.1. The van der Waals surface area contributed by atoms with E-state index in [4.69, 9.17) is 5.73 Å². The molecule has 19 nitrogen and oxygen atoms in total. The topological polar surface area (TPSA) is 279 Å². The number of benzene rings is 2. The first kappa shape index (κ1) is 63.2. The molecule has 0 saturated carbocycles. The molecule has 0 unspecified atom stereocenters. The molecule has 77 heavy (non-hydrogen) atoms. The van der Waals surface area contributed by atoms with Crippen molar-refractivity contribution in [2.75, 3.05) is 13.1 Å². The van der Waals surface area contributed by atoms with Gasteiger partial charge in [0.05, 0.1) is 6.04 Å². The fourth-order valence-electron chi connectivity index (χ4n) is 10.0. The van der Waals surface area contributed by atoms with Gasteiger partial charge in [0.2, 0.25) is 47.3 Å². The van der Waals surface area contributed by atoms with Gasteiger partial charge in [0.15, 0.2) is 0 Å². The number of carboxylic acids is 1. The van der Waals surface area contributed by atoms with E-state index in [0.29, 0.717) is 56.9 Å². The molecule has 2 aliphatic heterocycles. The molecule has 19 heteroatoms. The summed E-state index contributed by atoms with van der Waals surface area (Å²) in [5, 5.41) is 27.0. The molecule has 2 aromatic carbocycles. The highest BCUT2D eigenvalue weighted by atomic mass is 16.4. The van der Waals surface area contributed by atoms with Crippen molar-refractivity contribution in [3.05, 3.63) is 71.8 Å². The van der Waals surface area contributed by atoms with Crippen LogP contribution in [0.5, 0.6) is 0 Å². The number of nitrogens with two attached hydrogens (primary N) is 1. The van der Waals surface area contributed by atoms with Crippen LogP contribution in [0.15, 0.2) is 60.7 Å². The summed E-state index contributed by atoms with van der Waals surface area (Å²) in [7, 11) is 0. The van der Waals surface area contributed by atoms with Crippen LogP contribution in [0.2, 0.25) is 0 Å². The lowest BCUT2D eigenvalue weighted by Gasteiger charge is -2.35. The number of carboxylic acid groups (broad SMARTS) is 1. The van der Waals surface area contributed by atoms with Crippen LogP contribution >= 0.6 is 0 Å². The van der Waals surface area contributed by atoms with Crippen LogP contribution in [-0.4, -0.2) is 136 Å². The van der Waals surface area contributed by atoms with Crippen molar-refractivity contribution in [2.24, 2.45) is 35.3 Å². The SMILES string of the molecule is CC[C@H](C)[C@H](NC(=O)[C@@H](NC(=O)[C@@H](N)CC(C)C)[C@@H](C)CC)C(=O)N[C@@H](CC(C)C)C(=O)N[C@H](C(=O)N1CCC[C@H]1C(=O)N1CCC[C@H]1C(=O)N[C@@H](CCc1ccccc1)C(=O)N[C@@H](Cc1ccccc1)C(=O)O)C(C)C. The second-order valence-corrected chi connectivity index (χ2v) is 22.5. The molecule has 0 aliphatic carbocycles. The highest BCUT2D eigenvalue weighted by molar-refractivity contribution is 5.98. The first-order valence-corrected chi connectivity index (χ1v) is 28.0. The summed E-state index contributed by atoms with van der Waals surface area (Å²) >= 11 is 0. The van der Waals surface area contributed by atoms with Crippen LogP contribution in [0, 0.1) is 29.6 Å². The Balaban J connectivity index is 1.50. The lowest BCUT2D eigenvalue weighted by Crippen LogP contribution is -2.62. The Kier molecular flexibility index (Phi) is 25.1. The van der Waals surface area contributed by atoms with Gasteiger partial charge < -0.3 is 52.5 Å². The fraction of sp³-hybridized carbons (Fsp3) is 0.638. The Morgan fingerprint density at radius 1 is 0.558 bits per heavy atom. The van der Waals surface area contributed by atoms with E-state index in [1.807, 2.05) is 85.7 Å². The molecule has 0 radical (unpaired) electrons. The maximum atomic E-state index is 14.7. The van der Waals surface area contributed by atoms with Crippen LogP contribution in [-0.2, 0) is 56.0 Å². The van der Waals surface area contributed by atoms with Gasteiger partial charge in [0, 0.05) is 19.5 Å². The Labute approximate surface area is 456 Å². The third kappa shape index (κ3) is 18.7. The summed E-state index contributed by atoms with van der Waals surface area (Å²) < 4.78 is 0. The second-order valence-electron chi connectivity index (χ2n) is 22.5. The fourth-order valence-corrected chi connectivity index (χ4v) is 10.0. The molecule has 2 heterocycles. The molecule has 0 spiro atoms. The van der Waals surface area contributed by atoms with E-state index in [1.165, 1.54) is 9.80 Å². The minimum Gasteiger partial charge on any atom is -0.480 e. The molecular weight excluding hydrogens is 983 g/mol. The molecule has 11 atom stereocenters. The first-order valence-electron chi connectivity index (χ1n) is 28.0. The van der Waals surface area contributed by atoms with Crippen molar-refractivity contribution >= 4 is 53.2 Å². The molecule has 9 N–H and O–H groups in total. The van der Waals surface area contributed by atoms with Gasteiger partial charge in [-0.05, 0) is 92.1 Å². The molecular formula is C58H89N9O10. The van der Waals surface area contributed by atoms with Gasteiger partial charge >= 0.3 is 5.97 Å². The largest absolute Gasteiger partial charge is 0.480 e. The number of nitrogens with zero attached hydrogens (tertiary/aromatic N) is 2. The maximum absolute atomic E-state index is 14.7. The molecule has 8 amide bonds. The van der Waals surface area contributed by atoms with E-state index in [1.54, 1.807) is 44.2 Å². The molecule has 0 bridgehead atoms. The summed E-state index contributed by atoms with van der Waals surface area (Å²) in [4.78, 5) is 129. The predicted octanol–water partition coefficient (Wildman–Crippen LogP) is 4.01. The number of carbonyl (C=O) groups is 9. The zero-order valence-electron chi connectivity index (χ0n) is 47.1. The quantitative estimate of drug-likeness (QED) is 0.0577. The van der Waals surface area contributed by atoms with E-state index >= 15 is 0 Å². The van der Waals surface area contributed by atoms with Crippen LogP contribution in [0.4, 0.5) is 0 Å². The number of amides is 8. The van der Waals surface area contributed by atoms with Gasteiger partial charge in [-0.15, -0.1) is 0 Å². The first-order chi connectivity index (χ1) is 36.5. The van der Waals surface area contributed by atoms with Crippen molar-refractivity contribution < 1.29 is 48.3 Å². The Bertz CT molecular complexity index is 2300. The highest BCUT2D eigenvalue weighted by Crippen LogP contribution is 2.27. The summed E-state index contributed by atoms with van der Waals surface area (Å²) in [5.74, 6) is -6.68. The van der Waals surface area contributed by atoms with Crippen molar-refractivity contribution in [1.82, 2.24) is 41.7 Å². The van der Waals surface area contributed by atoms with Crippen LogP contribution in [0.3, 0.4) is 0 Å². The highest BCUT2D eigenvalue weighted by Gasteiger charge is 2.45. The molecule has 426 valence electrons. The Morgan fingerprint density at radius 2 is 1.04 bits per heavy atom. The molecule has 2 saturated heterocycles. The normalized spacial score (nSPS) is 19.0. The summed E-state index contributed by atoms with van der Waals surface area (Å²) in [6, 6.07) is 8.86. The van der Waals surface area contributed by atoms with Crippen LogP contribution in [0.1, 0.15) is 138 Å². The van der Waals surface area contributed by atoms with E-state index in [0.717, 1.165) is 5.56 Å². The van der Waals surface area contributed by atoms with Gasteiger partial charge in [-0.25, -0.2) is 4.79 Å². The number of rotatable bonds is 29. The zero-order valence-corrected chi connectivity index (χ0v) is 47.1. The average molecular weight is 1070 g/mol. The van der Waals surface area contributed by atoms with Crippen molar-refractivity contribution in [2.45, 2.75) is 194 Å². The molecule has 0 aromatic heterocycles. The third-order valence-electron chi connectivity index (χ3n) is 15.0. The number of carbonyl (C=O) groups excluding carboxylic acids is 8. The molecule has 4 rings (SSSR count). The standard InChI is InChI=1S/C58H89N9O10/c1-11-37(9)48(65-55(73)49(38(10)12-2)64-50(68)41(59)31-34(3)4)54(72)61-43(32-35(5)6)52(70)63-47(36(7)8)57(75)67-30-20-26-46(67)56(74)66-29-19-25-45(66)53(71)60-42(28-27-39-21-15-13-16-22-39)51(69)62-44(58(76)77)33-40-23-17-14-18-24-40/h13-18,21-24,34-38,41-49H,11-12,19-20,25-33,59H2,1-10H3,(H,60,71)(H,61,72)(H,62,69)(H,63,70)(H,64,68)(H,65,73)(H,76,77)/t37-,38-,41-,42-,43-,44-,45-,46-,47-,48-,49-/m0/s1. The number of hydrogen-bond acceptors (Lipinski definition) is 10. The summed E-state index contributed by atoms with van der Waals surface area (Å²) in [6.07, 6.45) is 3.84.